The van der Waals surface area contributed by atoms with Crippen molar-refractivity contribution in [2.75, 3.05) is 5.32 Å². The van der Waals surface area contributed by atoms with Crippen LogP contribution in [-0.2, 0) is 0 Å². The second-order valence-corrected chi connectivity index (χ2v) is 4.35. The van der Waals surface area contributed by atoms with Gasteiger partial charge in [0.1, 0.15) is 5.82 Å². The van der Waals surface area contributed by atoms with E-state index >= 15 is 0 Å². The average molecular weight is 293 g/mol. The zero-order valence-corrected chi connectivity index (χ0v) is 10.4. The van der Waals surface area contributed by atoms with Gasteiger partial charge < -0.3 is 10.6 Å². The van der Waals surface area contributed by atoms with Crippen molar-refractivity contribution >= 4 is 27.6 Å². The van der Waals surface area contributed by atoms with Crippen molar-refractivity contribution in [2.45, 2.75) is 19.9 Å². The summed E-state index contributed by atoms with van der Waals surface area (Å²) >= 11 is 2.97. The Bertz CT molecular complexity index is 387. The molecule has 2 N–H and O–H groups in total. The highest BCUT2D eigenvalue weighted by Gasteiger charge is 2.12. The fraction of sp³-hybridized carbons (Fsp3) is 0.300. The molecule has 6 heteroatoms. The van der Waals surface area contributed by atoms with E-state index < -0.39 is 17.7 Å². The monoisotopic (exact) mass is 292 g/mol. The second kappa shape index (κ2) is 5.25. The number of anilines is 1. The molecule has 88 valence electrons. The lowest BCUT2D eigenvalue weighted by atomic mass is 10.3. The molecular weight excluding hydrogens is 282 g/mol. The van der Waals surface area contributed by atoms with Gasteiger partial charge in [-0.3, -0.25) is 0 Å². The Morgan fingerprint density at radius 2 is 2.00 bits per heavy atom. The SMILES string of the molecule is CC(C)NC(=O)Nc1c(F)cc(F)cc1Br. The summed E-state index contributed by atoms with van der Waals surface area (Å²) in [6.07, 6.45) is 0. The number of rotatable bonds is 2. The molecular formula is C10H11BrF2N2O. The first-order valence-corrected chi connectivity index (χ1v) is 5.41. The Morgan fingerprint density at radius 1 is 1.38 bits per heavy atom. The molecule has 0 bridgehead atoms. The molecule has 2 amide bonds. The number of hydrogen-bond acceptors (Lipinski definition) is 1. The van der Waals surface area contributed by atoms with E-state index in [4.69, 9.17) is 0 Å². The number of urea groups is 1. The van der Waals surface area contributed by atoms with Gasteiger partial charge in [-0.15, -0.1) is 0 Å². The zero-order valence-electron chi connectivity index (χ0n) is 8.77. The zero-order chi connectivity index (χ0) is 12.3. The molecule has 3 nitrogen and oxygen atoms in total. The van der Waals surface area contributed by atoms with Crippen LogP contribution >= 0.6 is 15.9 Å². The lowest BCUT2D eigenvalue weighted by molar-refractivity contribution is 0.250. The van der Waals surface area contributed by atoms with Crippen LogP contribution in [0.3, 0.4) is 0 Å². The minimum absolute atomic E-state index is 0.0673. The van der Waals surface area contributed by atoms with Gasteiger partial charge in [-0.25, -0.2) is 13.6 Å². The van der Waals surface area contributed by atoms with Gasteiger partial charge >= 0.3 is 6.03 Å². The summed E-state index contributed by atoms with van der Waals surface area (Å²) in [5.74, 6) is -1.54. The maximum absolute atomic E-state index is 13.3. The minimum atomic E-state index is -0.828. The Labute approximate surface area is 100 Å². The van der Waals surface area contributed by atoms with Gasteiger partial charge in [0.2, 0.25) is 0 Å². The van der Waals surface area contributed by atoms with E-state index in [-0.39, 0.29) is 16.2 Å². The van der Waals surface area contributed by atoms with E-state index in [1.807, 2.05) is 0 Å². The van der Waals surface area contributed by atoms with Gasteiger partial charge in [0, 0.05) is 16.6 Å². The van der Waals surface area contributed by atoms with Crippen LogP contribution in [0.5, 0.6) is 0 Å². The molecule has 0 heterocycles. The van der Waals surface area contributed by atoms with Crippen molar-refractivity contribution in [2.24, 2.45) is 0 Å². The van der Waals surface area contributed by atoms with Gasteiger partial charge in [0.05, 0.1) is 5.69 Å². The summed E-state index contributed by atoms with van der Waals surface area (Å²) < 4.78 is 26.2. The lowest BCUT2D eigenvalue weighted by Crippen LogP contribution is -2.34. The quantitative estimate of drug-likeness (QED) is 0.863. The summed E-state index contributed by atoms with van der Waals surface area (Å²) in [5, 5.41) is 4.83. The second-order valence-electron chi connectivity index (χ2n) is 3.50. The van der Waals surface area contributed by atoms with Crippen molar-refractivity contribution in [3.05, 3.63) is 28.2 Å². The average Bonchev–Trinajstić information content (AvgIpc) is 2.09. The molecule has 0 aromatic heterocycles. The summed E-state index contributed by atoms with van der Waals surface area (Å²) in [4.78, 5) is 11.3. The van der Waals surface area contributed by atoms with Gasteiger partial charge in [-0.2, -0.15) is 0 Å². The molecule has 16 heavy (non-hydrogen) atoms. The molecule has 1 aromatic rings. The lowest BCUT2D eigenvalue weighted by Gasteiger charge is -2.12. The largest absolute Gasteiger partial charge is 0.336 e. The van der Waals surface area contributed by atoms with Crippen LogP contribution < -0.4 is 10.6 Å². The van der Waals surface area contributed by atoms with Gasteiger partial charge in [-0.1, -0.05) is 0 Å². The van der Waals surface area contributed by atoms with Gasteiger partial charge in [0.25, 0.3) is 0 Å². The van der Waals surface area contributed by atoms with Crippen LogP contribution in [0.15, 0.2) is 16.6 Å². The first-order chi connectivity index (χ1) is 7.40. The predicted octanol–water partition coefficient (Wildman–Crippen LogP) is 3.26. The molecule has 0 aliphatic heterocycles. The maximum atomic E-state index is 13.3. The van der Waals surface area contributed by atoms with E-state index in [0.717, 1.165) is 6.07 Å². The summed E-state index contributed by atoms with van der Waals surface area (Å²) in [6.45, 7) is 3.55. The normalized spacial score (nSPS) is 10.4. The van der Waals surface area contributed by atoms with Crippen LogP contribution in [0, 0.1) is 11.6 Å². The highest BCUT2D eigenvalue weighted by Crippen LogP contribution is 2.26. The molecule has 0 spiro atoms. The van der Waals surface area contributed by atoms with Crippen molar-refractivity contribution in [3.63, 3.8) is 0 Å². The molecule has 0 radical (unpaired) electrons. The minimum Gasteiger partial charge on any atom is -0.336 e. The molecule has 0 fully saturated rings. The number of nitrogens with one attached hydrogen (secondary N) is 2. The van der Waals surface area contributed by atoms with E-state index in [2.05, 4.69) is 26.6 Å². The number of halogens is 3. The molecule has 1 aromatic carbocycles. The third kappa shape index (κ3) is 3.44. The van der Waals surface area contributed by atoms with Crippen LogP contribution in [0.1, 0.15) is 13.8 Å². The van der Waals surface area contributed by atoms with Crippen LogP contribution in [-0.4, -0.2) is 12.1 Å². The third-order valence-electron chi connectivity index (χ3n) is 1.67. The Hall–Kier alpha value is -1.17. The fourth-order valence-electron chi connectivity index (χ4n) is 1.07. The maximum Gasteiger partial charge on any atom is 0.319 e. The Morgan fingerprint density at radius 3 is 2.50 bits per heavy atom. The van der Waals surface area contributed by atoms with Crippen molar-refractivity contribution in [3.8, 4) is 0 Å². The van der Waals surface area contributed by atoms with Crippen molar-refractivity contribution < 1.29 is 13.6 Å². The highest BCUT2D eigenvalue weighted by atomic mass is 79.9. The molecule has 0 unspecified atom stereocenters. The smallest absolute Gasteiger partial charge is 0.319 e. The standard InChI is InChI=1S/C10H11BrF2N2O/c1-5(2)14-10(16)15-9-7(11)3-6(12)4-8(9)13/h3-5H,1-2H3,(H2,14,15,16). The van der Waals surface area contributed by atoms with E-state index in [1.165, 1.54) is 0 Å². The topological polar surface area (TPSA) is 41.1 Å². The molecule has 0 aliphatic carbocycles. The van der Waals surface area contributed by atoms with Crippen LogP contribution in [0.2, 0.25) is 0 Å². The molecule has 1 rings (SSSR count). The van der Waals surface area contributed by atoms with Gasteiger partial charge in [-0.05, 0) is 35.8 Å². The van der Waals surface area contributed by atoms with Crippen LogP contribution in [0.25, 0.3) is 0 Å². The third-order valence-corrected chi connectivity index (χ3v) is 2.29. The first kappa shape index (κ1) is 12.9. The predicted molar refractivity (Wildman–Crippen MR) is 61.3 cm³/mol. The number of amides is 2. The van der Waals surface area contributed by atoms with Crippen LogP contribution in [0.4, 0.5) is 19.3 Å². The number of hydrogen-bond donors (Lipinski definition) is 2. The van der Waals surface area contributed by atoms with E-state index in [1.54, 1.807) is 13.8 Å². The highest BCUT2D eigenvalue weighted by molar-refractivity contribution is 9.10. The summed E-state index contributed by atoms with van der Waals surface area (Å²) in [5.41, 5.74) is -0.0837. The molecule has 0 saturated heterocycles. The van der Waals surface area contributed by atoms with Crippen molar-refractivity contribution in [1.29, 1.82) is 0 Å². The summed E-state index contributed by atoms with van der Waals surface area (Å²) in [7, 11) is 0. The number of carbonyl (C=O) groups is 1. The Balaban J connectivity index is 2.85. The van der Waals surface area contributed by atoms with Gasteiger partial charge in [0.15, 0.2) is 5.82 Å². The van der Waals surface area contributed by atoms with Crippen molar-refractivity contribution in [1.82, 2.24) is 5.32 Å². The molecule has 0 atom stereocenters. The van der Waals surface area contributed by atoms with E-state index in [9.17, 15) is 13.6 Å². The molecule has 0 aliphatic rings. The number of benzene rings is 1. The first-order valence-electron chi connectivity index (χ1n) is 4.62. The number of carbonyl (C=O) groups excluding carboxylic acids is 1. The summed E-state index contributed by atoms with van der Waals surface area (Å²) in [6, 6.07) is 1.17. The fourth-order valence-corrected chi connectivity index (χ4v) is 1.58. The van der Waals surface area contributed by atoms with E-state index in [0.29, 0.717) is 6.07 Å². The molecule has 0 saturated carbocycles. The Kier molecular flexibility index (Phi) is 4.23.